The third-order valence-electron chi connectivity index (χ3n) is 3.97. The van der Waals surface area contributed by atoms with Crippen LogP contribution in [0.5, 0.6) is 0 Å². The molecule has 0 aliphatic heterocycles. The van der Waals surface area contributed by atoms with E-state index in [1.807, 2.05) is 20.2 Å². The average Bonchev–Trinajstić information content (AvgIpc) is 2.79. The summed E-state index contributed by atoms with van der Waals surface area (Å²) in [5.41, 5.74) is 3.30. The molecule has 0 aliphatic rings. The van der Waals surface area contributed by atoms with Gasteiger partial charge in [0.1, 0.15) is 0 Å². The molecule has 1 aromatic heterocycles. The van der Waals surface area contributed by atoms with Crippen molar-refractivity contribution in [3.63, 3.8) is 0 Å². The number of rotatable bonds is 6. The number of H-pyrrole nitrogens is 2. The minimum absolute atomic E-state index is 0.0820. The average molecular weight is 316 g/mol. The van der Waals surface area contributed by atoms with Gasteiger partial charge in [-0.2, -0.15) is 0 Å². The van der Waals surface area contributed by atoms with Crippen LogP contribution in [0.1, 0.15) is 28.4 Å². The number of likely N-dealkylation sites (N-methyl/N-ethyl adjacent to an activating group) is 1. The summed E-state index contributed by atoms with van der Waals surface area (Å²) in [5.74, 6) is -0.155. The number of nitrogens with zero attached hydrogens (tertiary/aromatic N) is 1. The van der Waals surface area contributed by atoms with Crippen LogP contribution in [0.2, 0.25) is 0 Å². The summed E-state index contributed by atoms with van der Waals surface area (Å²) in [4.78, 5) is 25.8. The fourth-order valence-corrected chi connectivity index (χ4v) is 2.59. The van der Waals surface area contributed by atoms with Gasteiger partial charge in [0.25, 0.3) is 5.56 Å². The van der Waals surface area contributed by atoms with Crippen molar-refractivity contribution in [2.45, 2.75) is 26.3 Å². The first kappa shape index (κ1) is 17.0. The molecule has 2 aromatic rings. The van der Waals surface area contributed by atoms with Crippen LogP contribution < -0.4 is 10.9 Å². The lowest BCUT2D eigenvalue weighted by molar-refractivity contribution is -0.120. The number of hydrogen-bond acceptors (Lipinski definition) is 3. The van der Waals surface area contributed by atoms with E-state index in [-0.39, 0.29) is 23.9 Å². The van der Waals surface area contributed by atoms with Crippen LogP contribution >= 0.6 is 0 Å². The Kier molecular flexibility index (Phi) is 5.39. The molecule has 2 rings (SSSR count). The normalized spacial score (nSPS) is 12.4. The lowest BCUT2D eigenvalue weighted by Crippen LogP contribution is -2.35. The fraction of sp³-hybridized carbons (Fsp3) is 0.412. The second-order valence-corrected chi connectivity index (χ2v) is 6.06. The Bertz CT molecular complexity index is 730. The zero-order chi connectivity index (χ0) is 17.0. The molecule has 124 valence electrons. The van der Waals surface area contributed by atoms with Crippen molar-refractivity contribution in [1.82, 2.24) is 20.4 Å². The molecule has 0 unspecified atom stereocenters. The van der Waals surface area contributed by atoms with Crippen LogP contribution in [0.15, 0.2) is 29.1 Å². The summed E-state index contributed by atoms with van der Waals surface area (Å²) in [6.45, 7) is 4.32. The topological polar surface area (TPSA) is 81.0 Å². The Morgan fingerprint density at radius 2 is 2.00 bits per heavy atom. The van der Waals surface area contributed by atoms with Gasteiger partial charge in [-0.05, 0) is 33.5 Å². The highest BCUT2D eigenvalue weighted by Gasteiger charge is 2.17. The van der Waals surface area contributed by atoms with Gasteiger partial charge in [0.15, 0.2) is 0 Å². The van der Waals surface area contributed by atoms with Gasteiger partial charge in [-0.1, -0.05) is 29.8 Å². The molecule has 0 spiro atoms. The fourth-order valence-electron chi connectivity index (χ4n) is 2.59. The maximum Gasteiger partial charge on any atom is 0.267 e. The third-order valence-corrected chi connectivity index (χ3v) is 3.97. The molecule has 1 heterocycles. The number of amides is 1. The smallest absolute Gasteiger partial charge is 0.267 e. The lowest BCUT2D eigenvalue weighted by atomic mass is 10.0. The monoisotopic (exact) mass is 316 g/mol. The molecule has 6 heteroatoms. The van der Waals surface area contributed by atoms with Crippen molar-refractivity contribution in [1.29, 1.82) is 0 Å². The molecule has 23 heavy (non-hydrogen) atoms. The molecule has 1 aromatic carbocycles. The standard InChI is InChI=1S/C17H24N4O2/c1-11-6-5-7-13(8-11)15(21(3)4)10-18-16(22)9-14-12(2)19-20-17(14)23/h5-8,15H,9-10H2,1-4H3,(H,18,22)(H2,19,20,23)/t15-/m0/s1. The summed E-state index contributed by atoms with van der Waals surface area (Å²) < 4.78 is 0. The zero-order valence-corrected chi connectivity index (χ0v) is 14.1. The SMILES string of the molecule is Cc1cccc([C@H](CNC(=O)Cc2c(C)[nH][nH]c2=O)N(C)C)c1. The van der Waals surface area contributed by atoms with E-state index in [1.165, 1.54) is 5.56 Å². The maximum atomic E-state index is 12.1. The van der Waals surface area contributed by atoms with Gasteiger partial charge < -0.3 is 15.3 Å². The number of aromatic amines is 2. The number of nitrogens with one attached hydrogen (secondary N) is 3. The molecule has 6 nitrogen and oxygen atoms in total. The van der Waals surface area contributed by atoms with E-state index in [4.69, 9.17) is 0 Å². The van der Waals surface area contributed by atoms with Crippen molar-refractivity contribution in [3.05, 3.63) is 57.0 Å². The molecular weight excluding hydrogens is 292 g/mol. The quantitative estimate of drug-likeness (QED) is 0.751. The summed E-state index contributed by atoms with van der Waals surface area (Å²) in [7, 11) is 3.97. The predicted octanol–water partition coefficient (Wildman–Crippen LogP) is 1.28. The molecule has 0 saturated heterocycles. The zero-order valence-electron chi connectivity index (χ0n) is 14.1. The van der Waals surface area contributed by atoms with E-state index in [9.17, 15) is 9.59 Å². The Morgan fingerprint density at radius 1 is 1.26 bits per heavy atom. The van der Waals surface area contributed by atoms with Crippen LogP contribution in [-0.4, -0.2) is 41.6 Å². The van der Waals surface area contributed by atoms with Crippen molar-refractivity contribution < 1.29 is 4.79 Å². The number of carbonyl (C=O) groups is 1. The molecule has 3 N–H and O–H groups in total. The molecule has 0 saturated carbocycles. The predicted molar refractivity (Wildman–Crippen MR) is 90.5 cm³/mol. The highest BCUT2D eigenvalue weighted by Crippen LogP contribution is 2.18. The number of aryl methyl sites for hydroxylation is 2. The number of hydrogen-bond donors (Lipinski definition) is 3. The van der Waals surface area contributed by atoms with Crippen LogP contribution in [0.3, 0.4) is 0 Å². The molecule has 1 amide bonds. The van der Waals surface area contributed by atoms with Crippen molar-refractivity contribution in [2.75, 3.05) is 20.6 Å². The highest BCUT2D eigenvalue weighted by molar-refractivity contribution is 5.78. The van der Waals surface area contributed by atoms with E-state index in [2.05, 4.69) is 45.5 Å². The number of aromatic nitrogens is 2. The maximum absolute atomic E-state index is 12.1. The van der Waals surface area contributed by atoms with Gasteiger partial charge in [0, 0.05) is 17.8 Å². The first-order chi connectivity index (χ1) is 10.9. The van der Waals surface area contributed by atoms with E-state index < -0.39 is 0 Å². The summed E-state index contributed by atoms with van der Waals surface area (Å²) >= 11 is 0. The second kappa shape index (κ2) is 7.28. The van der Waals surface area contributed by atoms with E-state index in [0.29, 0.717) is 17.8 Å². The van der Waals surface area contributed by atoms with E-state index in [1.54, 1.807) is 6.92 Å². The first-order valence-corrected chi connectivity index (χ1v) is 7.64. The number of benzene rings is 1. The van der Waals surface area contributed by atoms with Crippen molar-refractivity contribution in [3.8, 4) is 0 Å². The van der Waals surface area contributed by atoms with Gasteiger partial charge in [0.2, 0.25) is 5.91 Å². The van der Waals surface area contributed by atoms with Crippen LogP contribution in [-0.2, 0) is 11.2 Å². The molecule has 0 bridgehead atoms. The largest absolute Gasteiger partial charge is 0.354 e. The van der Waals surface area contributed by atoms with Crippen LogP contribution in [0.25, 0.3) is 0 Å². The molecule has 0 radical (unpaired) electrons. The molecular formula is C17H24N4O2. The van der Waals surface area contributed by atoms with Gasteiger partial charge in [0.05, 0.1) is 12.5 Å². The Morgan fingerprint density at radius 3 is 2.57 bits per heavy atom. The Hall–Kier alpha value is -2.34. The van der Waals surface area contributed by atoms with Gasteiger partial charge in [-0.15, -0.1) is 0 Å². The Labute approximate surface area is 135 Å². The van der Waals surface area contributed by atoms with Gasteiger partial charge in [-0.25, -0.2) is 0 Å². The van der Waals surface area contributed by atoms with Gasteiger partial charge in [-0.3, -0.25) is 14.7 Å². The van der Waals surface area contributed by atoms with Crippen molar-refractivity contribution in [2.24, 2.45) is 0 Å². The number of carbonyl (C=O) groups excluding carboxylic acids is 1. The second-order valence-electron chi connectivity index (χ2n) is 6.06. The first-order valence-electron chi connectivity index (χ1n) is 7.64. The van der Waals surface area contributed by atoms with Crippen LogP contribution in [0.4, 0.5) is 0 Å². The minimum Gasteiger partial charge on any atom is -0.354 e. The minimum atomic E-state index is -0.236. The molecule has 1 atom stereocenters. The highest BCUT2D eigenvalue weighted by atomic mass is 16.2. The van der Waals surface area contributed by atoms with Gasteiger partial charge >= 0.3 is 0 Å². The summed E-state index contributed by atoms with van der Waals surface area (Å²) in [6, 6.07) is 8.34. The summed E-state index contributed by atoms with van der Waals surface area (Å²) in [5, 5.41) is 8.15. The van der Waals surface area contributed by atoms with Crippen LogP contribution in [0, 0.1) is 13.8 Å². The molecule has 0 fully saturated rings. The molecule has 0 aliphatic carbocycles. The van der Waals surface area contributed by atoms with Crippen molar-refractivity contribution >= 4 is 5.91 Å². The summed E-state index contributed by atoms with van der Waals surface area (Å²) in [6.07, 6.45) is 0.0820. The van der Waals surface area contributed by atoms with E-state index in [0.717, 1.165) is 5.56 Å². The Balaban J connectivity index is 2.02. The van der Waals surface area contributed by atoms with E-state index >= 15 is 0 Å². The third kappa shape index (κ3) is 4.32. The lowest BCUT2D eigenvalue weighted by Gasteiger charge is -2.25.